The molecule has 33 heavy (non-hydrogen) atoms. The second-order valence-corrected chi connectivity index (χ2v) is 9.40. The molecule has 0 fully saturated rings. The lowest BCUT2D eigenvalue weighted by Crippen LogP contribution is -2.27. The van der Waals surface area contributed by atoms with Crippen LogP contribution in [0.4, 0.5) is 0 Å². The van der Waals surface area contributed by atoms with Gasteiger partial charge in [-0.1, -0.05) is 90.4 Å². The van der Waals surface area contributed by atoms with Gasteiger partial charge < -0.3 is 4.42 Å². The highest BCUT2D eigenvalue weighted by Gasteiger charge is 2.53. The molecule has 1 heterocycles. The van der Waals surface area contributed by atoms with Crippen molar-refractivity contribution in [3.63, 3.8) is 0 Å². The molecular weight excluding hydrogens is 399 g/mol. The number of rotatable bonds is 0. The first-order valence-corrected chi connectivity index (χ1v) is 11.6. The second kappa shape index (κ2) is 5.96. The molecule has 0 amide bonds. The van der Waals surface area contributed by atoms with Crippen LogP contribution in [0, 0.1) is 0 Å². The third kappa shape index (κ3) is 1.97. The Balaban J connectivity index is 1.59. The molecule has 1 atom stereocenters. The average molecular weight is 418 g/mol. The minimum absolute atomic E-state index is 0.255. The largest absolute Gasteiger partial charge is 0.455 e. The zero-order valence-corrected chi connectivity index (χ0v) is 18.1. The van der Waals surface area contributed by atoms with Crippen LogP contribution in [-0.4, -0.2) is 7.85 Å². The van der Waals surface area contributed by atoms with Gasteiger partial charge in [-0.15, -0.1) is 0 Å². The van der Waals surface area contributed by atoms with E-state index in [-0.39, 0.29) is 5.41 Å². The van der Waals surface area contributed by atoms with E-state index in [9.17, 15) is 0 Å². The van der Waals surface area contributed by atoms with Crippen LogP contribution in [-0.2, 0) is 5.41 Å². The van der Waals surface area contributed by atoms with Crippen molar-refractivity contribution in [1.82, 2.24) is 0 Å². The number of fused-ring (bicyclic) bond motifs is 13. The zero-order chi connectivity index (χ0) is 21.7. The molecule has 152 valence electrons. The van der Waals surface area contributed by atoms with Gasteiger partial charge in [0.05, 0.1) is 5.41 Å². The van der Waals surface area contributed by atoms with Gasteiger partial charge in [-0.05, 0) is 57.9 Å². The van der Waals surface area contributed by atoms with Gasteiger partial charge in [0.25, 0.3) is 0 Å². The van der Waals surface area contributed by atoms with Crippen molar-refractivity contribution in [3.8, 4) is 11.1 Å². The molecule has 5 aromatic rings. The van der Waals surface area contributed by atoms with Crippen molar-refractivity contribution in [2.45, 2.75) is 18.3 Å². The van der Waals surface area contributed by atoms with Gasteiger partial charge >= 0.3 is 0 Å². The Morgan fingerprint density at radius 3 is 2.42 bits per heavy atom. The van der Waals surface area contributed by atoms with E-state index in [1.165, 1.54) is 44.5 Å². The molecule has 3 aliphatic rings. The van der Waals surface area contributed by atoms with Crippen molar-refractivity contribution < 1.29 is 4.42 Å². The maximum absolute atomic E-state index is 6.55. The number of hydrogen-bond acceptors (Lipinski definition) is 1. The highest BCUT2D eigenvalue weighted by atomic mass is 16.3. The van der Waals surface area contributed by atoms with Gasteiger partial charge in [0.15, 0.2) is 0 Å². The Bertz CT molecular complexity index is 1730. The van der Waals surface area contributed by atoms with Crippen LogP contribution in [0.25, 0.3) is 38.6 Å². The molecule has 1 nitrogen and oxygen atoms in total. The minimum atomic E-state index is -0.255. The molecule has 0 aliphatic heterocycles. The summed E-state index contributed by atoms with van der Waals surface area (Å²) >= 11 is 0. The Morgan fingerprint density at radius 2 is 1.55 bits per heavy atom. The minimum Gasteiger partial charge on any atom is -0.455 e. The molecule has 1 unspecified atom stereocenters. The van der Waals surface area contributed by atoms with Gasteiger partial charge in [-0.2, -0.15) is 0 Å². The van der Waals surface area contributed by atoms with E-state index in [4.69, 9.17) is 12.3 Å². The van der Waals surface area contributed by atoms with Crippen molar-refractivity contribution in [2.24, 2.45) is 0 Å². The quantitative estimate of drug-likeness (QED) is 0.252. The van der Waals surface area contributed by atoms with E-state index >= 15 is 0 Å². The molecular formula is C31H19BO. The van der Waals surface area contributed by atoms with Crippen LogP contribution >= 0.6 is 0 Å². The summed E-state index contributed by atoms with van der Waals surface area (Å²) in [5.41, 5.74) is 13.3. The van der Waals surface area contributed by atoms with Crippen LogP contribution in [0.3, 0.4) is 0 Å². The van der Waals surface area contributed by atoms with Crippen LogP contribution in [0.5, 0.6) is 0 Å². The van der Waals surface area contributed by atoms with E-state index in [1.807, 2.05) is 18.2 Å². The summed E-state index contributed by atoms with van der Waals surface area (Å²) in [6, 6.07) is 28.4. The monoisotopic (exact) mass is 418 g/mol. The lowest BCUT2D eigenvalue weighted by molar-refractivity contribution is 0.668. The van der Waals surface area contributed by atoms with E-state index in [1.54, 1.807) is 0 Å². The SMILES string of the molecule is [B]c1ccc2oc3c4c(ccc3c2c1)C1(C2=C(C=CCC2)c2ccccc21)c1ccccc1-4. The predicted molar refractivity (Wildman–Crippen MR) is 136 cm³/mol. The van der Waals surface area contributed by atoms with Crippen LogP contribution in [0.15, 0.2) is 101 Å². The molecule has 4 aromatic carbocycles. The van der Waals surface area contributed by atoms with Gasteiger partial charge in [0.2, 0.25) is 0 Å². The maximum Gasteiger partial charge on any atom is 0.143 e. The smallest absolute Gasteiger partial charge is 0.143 e. The molecule has 8 rings (SSSR count). The molecule has 1 spiro atoms. The molecule has 0 bridgehead atoms. The van der Waals surface area contributed by atoms with Crippen LogP contribution in [0.1, 0.15) is 35.1 Å². The summed E-state index contributed by atoms with van der Waals surface area (Å²) in [6.07, 6.45) is 6.82. The average Bonchev–Trinajstić information content (AvgIpc) is 3.47. The van der Waals surface area contributed by atoms with E-state index in [0.29, 0.717) is 0 Å². The zero-order valence-electron chi connectivity index (χ0n) is 18.1. The fraction of sp³-hybridized carbons (Fsp3) is 0.0968. The standard InChI is InChI=1S/C31H19BO/c32-18-13-16-28-23(17-18)21-14-15-27-29(30(21)33-28)22-9-3-6-12-26(22)31(27)24-10-4-1-7-19(24)20-8-2-5-11-25(20)31/h1-4,6-10,12-17H,5,11H2. The number of benzene rings is 4. The summed E-state index contributed by atoms with van der Waals surface area (Å²) in [5, 5.41) is 2.21. The fourth-order valence-electron chi connectivity index (χ4n) is 6.74. The first-order valence-electron chi connectivity index (χ1n) is 11.6. The summed E-state index contributed by atoms with van der Waals surface area (Å²) < 4.78 is 6.55. The first-order chi connectivity index (χ1) is 16.3. The lowest BCUT2D eigenvalue weighted by Gasteiger charge is -2.33. The maximum atomic E-state index is 6.55. The van der Waals surface area contributed by atoms with Crippen molar-refractivity contribution >= 4 is 40.8 Å². The summed E-state index contributed by atoms with van der Waals surface area (Å²) in [5.74, 6) is 0. The molecule has 2 heteroatoms. The van der Waals surface area contributed by atoms with Gasteiger partial charge in [-0.25, -0.2) is 0 Å². The highest BCUT2D eigenvalue weighted by Crippen LogP contribution is 2.64. The van der Waals surface area contributed by atoms with E-state index in [0.717, 1.165) is 40.2 Å². The first kappa shape index (κ1) is 17.7. The molecule has 0 saturated heterocycles. The second-order valence-electron chi connectivity index (χ2n) is 9.40. The fourth-order valence-corrected chi connectivity index (χ4v) is 6.74. The third-order valence-corrected chi connectivity index (χ3v) is 7.91. The van der Waals surface area contributed by atoms with E-state index in [2.05, 4.69) is 72.8 Å². The Kier molecular flexibility index (Phi) is 3.21. The number of furan rings is 1. The molecule has 2 radical (unpaired) electrons. The number of hydrogen-bond donors (Lipinski definition) is 0. The number of allylic oxidation sites excluding steroid dienone is 4. The Hall–Kier alpha value is -3.78. The van der Waals surface area contributed by atoms with Crippen LogP contribution in [0.2, 0.25) is 0 Å². The molecule has 0 N–H and O–H groups in total. The van der Waals surface area contributed by atoms with Crippen LogP contribution < -0.4 is 5.46 Å². The highest BCUT2D eigenvalue weighted by molar-refractivity contribution is 6.33. The van der Waals surface area contributed by atoms with Crippen molar-refractivity contribution in [3.05, 3.63) is 119 Å². The summed E-state index contributed by atoms with van der Waals surface area (Å²) in [4.78, 5) is 0. The van der Waals surface area contributed by atoms with Gasteiger partial charge in [0, 0.05) is 16.3 Å². The summed E-state index contributed by atoms with van der Waals surface area (Å²) in [6.45, 7) is 0. The molecule has 3 aliphatic carbocycles. The normalized spacial score (nSPS) is 19.9. The third-order valence-electron chi connectivity index (χ3n) is 7.91. The summed E-state index contributed by atoms with van der Waals surface area (Å²) in [7, 11) is 6.13. The van der Waals surface area contributed by atoms with Crippen molar-refractivity contribution in [1.29, 1.82) is 0 Å². The molecule has 1 aromatic heterocycles. The predicted octanol–water partition coefficient (Wildman–Crippen LogP) is 6.81. The molecule has 0 saturated carbocycles. The van der Waals surface area contributed by atoms with Gasteiger partial charge in [0.1, 0.15) is 19.0 Å². The topological polar surface area (TPSA) is 13.1 Å². The Morgan fingerprint density at radius 1 is 0.758 bits per heavy atom. The lowest BCUT2D eigenvalue weighted by atomic mass is 9.68. The van der Waals surface area contributed by atoms with Crippen molar-refractivity contribution in [2.75, 3.05) is 0 Å². The van der Waals surface area contributed by atoms with Gasteiger partial charge in [-0.3, -0.25) is 0 Å². The van der Waals surface area contributed by atoms with E-state index < -0.39 is 0 Å². The Labute approximate surface area is 193 Å².